The number of benzene rings is 1. The molecule has 0 fully saturated rings. The fraction of sp³-hybridized carbons (Fsp3) is 0.444. The topological polar surface area (TPSA) is 72.9 Å². The SMILES string of the molecule is Cc1c(C(=O)NC(C)(CN)CC(C)C)cnn1-c1ccc(Br)cc1. The van der Waals surface area contributed by atoms with Gasteiger partial charge in [-0.2, -0.15) is 5.10 Å². The molecule has 1 aromatic heterocycles. The molecule has 1 atom stereocenters. The Bertz CT molecular complexity index is 708. The molecule has 0 bridgehead atoms. The summed E-state index contributed by atoms with van der Waals surface area (Å²) in [6, 6.07) is 7.80. The first kappa shape index (κ1) is 18.7. The molecule has 2 aromatic rings. The van der Waals surface area contributed by atoms with Crippen LogP contribution in [0.3, 0.4) is 0 Å². The number of hydrogen-bond donors (Lipinski definition) is 2. The van der Waals surface area contributed by atoms with E-state index in [2.05, 4.69) is 40.2 Å². The maximum atomic E-state index is 12.7. The van der Waals surface area contributed by atoms with Gasteiger partial charge in [-0.05, 0) is 50.5 Å². The van der Waals surface area contributed by atoms with Gasteiger partial charge in [0.25, 0.3) is 5.91 Å². The lowest BCUT2D eigenvalue weighted by Crippen LogP contribution is -2.52. The van der Waals surface area contributed by atoms with E-state index in [-0.39, 0.29) is 5.91 Å². The first-order chi connectivity index (χ1) is 11.3. The van der Waals surface area contributed by atoms with Crippen LogP contribution in [0.25, 0.3) is 5.69 Å². The van der Waals surface area contributed by atoms with Crippen LogP contribution in [0.5, 0.6) is 0 Å². The molecule has 0 saturated heterocycles. The van der Waals surface area contributed by atoms with E-state index < -0.39 is 5.54 Å². The minimum atomic E-state index is -0.419. The number of rotatable bonds is 6. The van der Waals surface area contributed by atoms with Crippen LogP contribution in [0.15, 0.2) is 34.9 Å². The van der Waals surface area contributed by atoms with Crippen molar-refractivity contribution in [3.63, 3.8) is 0 Å². The van der Waals surface area contributed by atoms with Crippen molar-refractivity contribution in [1.82, 2.24) is 15.1 Å². The van der Waals surface area contributed by atoms with Crippen LogP contribution < -0.4 is 11.1 Å². The van der Waals surface area contributed by atoms with Crippen LogP contribution in [0.4, 0.5) is 0 Å². The number of nitrogens with zero attached hydrogens (tertiary/aromatic N) is 2. The summed E-state index contributed by atoms with van der Waals surface area (Å²) < 4.78 is 2.77. The van der Waals surface area contributed by atoms with E-state index >= 15 is 0 Å². The summed E-state index contributed by atoms with van der Waals surface area (Å²) in [7, 11) is 0. The highest BCUT2D eigenvalue weighted by molar-refractivity contribution is 9.10. The highest BCUT2D eigenvalue weighted by atomic mass is 79.9. The Hall–Kier alpha value is -1.66. The van der Waals surface area contributed by atoms with Gasteiger partial charge in [-0.3, -0.25) is 4.79 Å². The van der Waals surface area contributed by atoms with Crippen molar-refractivity contribution in [3.8, 4) is 5.69 Å². The van der Waals surface area contributed by atoms with Crippen LogP contribution in [-0.4, -0.2) is 27.8 Å². The van der Waals surface area contributed by atoms with Gasteiger partial charge in [0.2, 0.25) is 0 Å². The van der Waals surface area contributed by atoms with Crippen LogP contribution in [-0.2, 0) is 0 Å². The third-order valence-corrected chi connectivity index (χ3v) is 4.58. The molecule has 3 N–H and O–H groups in total. The lowest BCUT2D eigenvalue weighted by Gasteiger charge is -2.31. The average Bonchev–Trinajstić information content (AvgIpc) is 2.89. The number of hydrogen-bond acceptors (Lipinski definition) is 3. The average molecular weight is 393 g/mol. The Morgan fingerprint density at radius 2 is 2.00 bits per heavy atom. The van der Waals surface area contributed by atoms with Crippen LogP contribution in [0, 0.1) is 12.8 Å². The standard InChI is InChI=1S/C18H25BrN4O/c1-12(2)9-18(4,11-20)22-17(24)16-10-21-23(13(16)3)15-7-5-14(19)6-8-15/h5-8,10,12H,9,11,20H2,1-4H3,(H,22,24). The third-order valence-electron chi connectivity index (χ3n) is 4.05. The van der Waals surface area contributed by atoms with Crippen molar-refractivity contribution in [2.75, 3.05) is 6.54 Å². The number of nitrogens with two attached hydrogens (primary N) is 1. The monoisotopic (exact) mass is 392 g/mol. The first-order valence-electron chi connectivity index (χ1n) is 8.09. The Labute approximate surface area is 151 Å². The molecule has 0 aliphatic carbocycles. The molecule has 24 heavy (non-hydrogen) atoms. The minimum absolute atomic E-state index is 0.135. The van der Waals surface area contributed by atoms with Crippen LogP contribution >= 0.6 is 15.9 Å². The molecule has 0 aliphatic heterocycles. The van der Waals surface area contributed by atoms with E-state index in [1.54, 1.807) is 10.9 Å². The molecular weight excluding hydrogens is 368 g/mol. The van der Waals surface area contributed by atoms with Gasteiger partial charge < -0.3 is 11.1 Å². The summed E-state index contributed by atoms with van der Waals surface area (Å²) in [5.41, 5.74) is 7.76. The molecule has 2 rings (SSSR count). The zero-order chi connectivity index (χ0) is 17.9. The van der Waals surface area contributed by atoms with E-state index in [1.807, 2.05) is 38.1 Å². The normalized spacial score (nSPS) is 13.8. The molecule has 5 nitrogen and oxygen atoms in total. The number of carbonyl (C=O) groups is 1. The van der Waals surface area contributed by atoms with E-state index in [9.17, 15) is 4.79 Å². The van der Waals surface area contributed by atoms with E-state index in [4.69, 9.17) is 5.73 Å². The Morgan fingerprint density at radius 3 is 2.54 bits per heavy atom. The van der Waals surface area contributed by atoms with Gasteiger partial charge in [-0.1, -0.05) is 29.8 Å². The summed E-state index contributed by atoms with van der Waals surface area (Å²) in [6.07, 6.45) is 2.44. The molecule has 0 aliphatic rings. The van der Waals surface area contributed by atoms with Gasteiger partial charge in [0.15, 0.2) is 0 Å². The maximum absolute atomic E-state index is 12.7. The molecule has 1 heterocycles. The number of aromatic nitrogens is 2. The van der Waals surface area contributed by atoms with E-state index in [0.717, 1.165) is 22.3 Å². The van der Waals surface area contributed by atoms with Crippen molar-refractivity contribution in [3.05, 3.63) is 46.2 Å². The summed E-state index contributed by atoms with van der Waals surface area (Å²) >= 11 is 3.42. The van der Waals surface area contributed by atoms with Gasteiger partial charge in [0, 0.05) is 16.6 Å². The molecule has 6 heteroatoms. The second kappa shape index (κ2) is 7.49. The van der Waals surface area contributed by atoms with Gasteiger partial charge in [-0.15, -0.1) is 0 Å². The largest absolute Gasteiger partial charge is 0.345 e. The molecule has 1 aromatic carbocycles. The fourth-order valence-corrected chi connectivity index (χ4v) is 3.17. The predicted octanol–water partition coefficient (Wildman–Crippen LogP) is 3.44. The maximum Gasteiger partial charge on any atom is 0.255 e. The van der Waals surface area contributed by atoms with Crippen LogP contribution in [0.2, 0.25) is 0 Å². The predicted molar refractivity (Wildman–Crippen MR) is 100 cm³/mol. The van der Waals surface area contributed by atoms with Crippen molar-refractivity contribution in [2.24, 2.45) is 11.7 Å². The van der Waals surface area contributed by atoms with Gasteiger partial charge in [-0.25, -0.2) is 4.68 Å². The first-order valence-corrected chi connectivity index (χ1v) is 8.88. The van der Waals surface area contributed by atoms with Crippen molar-refractivity contribution in [1.29, 1.82) is 0 Å². The van der Waals surface area contributed by atoms with Gasteiger partial charge >= 0.3 is 0 Å². The van der Waals surface area contributed by atoms with Crippen molar-refractivity contribution < 1.29 is 4.79 Å². The molecule has 1 amide bonds. The van der Waals surface area contributed by atoms with E-state index in [0.29, 0.717) is 18.0 Å². The molecule has 0 spiro atoms. The zero-order valence-electron chi connectivity index (χ0n) is 14.6. The smallest absolute Gasteiger partial charge is 0.255 e. The van der Waals surface area contributed by atoms with Crippen molar-refractivity contribution in [2.45, 2.75) is 39.7 Å². The minimum Gasteiger partial charge on any atom is -0.345 e. The lowest BCUT2D eigenvalue weighted by molar-refractivity contribution is 0.0897. The molecular formula is C18H25BrN4O. The number of carbonyl (C=O) groups excluding carboxylic acids is 1. The zero-order valence-corrected chi connectivity index (χ0v) is 16.2. The van der Waals surface area contributed by atoms with Crippen molar-refractivity contribution >= 4 is 21.8 Å². The van der Waals surface area contributed by atoms with E-state index in [1.165, 1.54) is 0 Å². The third kappa shape index (κ3) is 4.24. The van der Waals surface area contributed by atoms with Crippen LogP contribution in [0.1, 0.15) is 43.2 Å². The number of amides is 1. The quantitative estimate of drug-likeness (QED) is 0.790. The summed E-state index contributed by atoms with van der Waals surface area (Å²) in [5.74, 6) is 0.315. The Morgan fingerprint density at radius 1 is 1.38 bits per heavy atom. The summed E-state index contributed by atoms with van der Waals surface area (Å²) in [5, 5.41) is 7.44. The number of halogens is 1. The molecule has 1 unspecified atom stereocenters. The molecule has 130 valence electrons. The highest BCUT2D eigenvalue weighted by Crippen LogP contribution is 2.19. The second-order valence-corrected chi connectivity index (χ2v) is 7.76. The fourth-order valence-electron chi connectivity index (χ4n) is 2.90. The Kier molecular flexibility index (Phi) is 5.83. The molecule has 0 saturated carbocycles. The lowest BCUT2D eigenvalue weighted by atomic mass is 9.90. The second-order valence-electron chi connectivity index (χ2n) is 6.85. The summed E-state index contributed by atoms with van der Waals surface area (Å²) in [6.45, 7) is 8.52. The van der Waals surface area contributed by atoms with Gasteiger partial charge in [0.05, 0.1) is 23.1 Å². The summed E-state index contributed by atoms with van der Waals surface area (Å²) in [4.78, 5) is 12.7. The highest BCUT2D eigenvalue weighted by Gasteiger charge is 2.27. The van der Waals surface area contributed by atoms with Gasteiger partial charge in [0.1, 0.15) is 0 Å². The Balaban J connectivity index is 2.24. The number of nitrogens with one attached hydrogen (secondary N) is 1. The molecule has 0 radical (unpaired) electrons.